The number of nitrogens with one attached hydrogen (secondary N) is 1. The zero-order chi connectivity index (χ0) is 7.90. The summed E-state index contributed by atoms with van der Waals surface area (Å²) in [5.41, 5.74) is 0. The van der Waals surface area contributed by atoms with Gasteiger partial charge < -0.3 is 5.32 Å². The van der Waals surface area contributed by atoms with Crippen LogP contribution in [0.1, 0.15) is 25.7 Å². The molecule has 0 aromatic rings. The highest BCUT2D eigenvalue weighted by Crippen LogP contribution is 2.43. The lowest BCUT2D eigenvalue weighted by Crippen LogP contribution is -2.58. The minimum atomic E-state index is -2.42. The van der Waals surface area contributed by atoms with Gasteiger partial charge in [-0.05, 0) is 25.8 Å². The SMILES string of the molecule is FC(F)(C1CCC1)C1CCN1. The molecule has 0 aromatic carbocycles. The van der Waals surface area contributed by atoms with Gasteiger partial charge in [-0.2, -0.15) is 0 Å². The van der Waals surface area contributed by atoms with Gasteiger partial charge in [-0.15, -0.1) is 0 Å². The van der Waals surface area contributed by atoms with Crippen molar-refractivity contribution in [2.45, 2.75) is 37.6 Å². The Bertz CT molecular complexity index is 134. The van der Waals surface area contributed by atoms with Crippen molar-refractivity contribution < 1.29 is 8.78 Å². The molecule has 0 radical (unpaired) electrons. The predicted molar refractivity (Wildman–Crippen MR) is 38.7 cm³/mol. The third-order valence-corrected chi connectivity index (χ3v) is 2.94. The molecule has 0 spiro atoms. The fourth-order valence-electron chi connectivity index (χ4n) is 1.69. The van der Waals surface area contributed by atoms with Gasteiger partial charge in [-0.25, -0.2) is 8.78 Å². The molecular formula is C8H13F2N. The van der Waals surface area contributed by atoms with E-state index >= 15 is 0 Å². The Morgan fingerprint density at radius 3 is 2.09 bits per heavy atom. The van der Waals surface area contributed by atoms with Crippen LogP contribution in [0.25, 0.3) is 0 Å². The standard InChI is InChI=1S/C8H13F2N/c9-8(10,6-2-1-3-6)7-4-5-11-7/h6-7,11H,1-5H2. The van der Waals surface area contributed by atoms with E-state index in [0.29, 0.717) is 6.42 Å². The highest BCUT2D eigenvalue weighted by atomic mass is 19.3. The van der Waals surface area contributed by atoms with Crippen LogP contribution in [-0.4, -0.2) is 18.5 Å². The van der Waals surface area contributed by atoms with Crippen LogP contribution in [0.15, 0.2) is 0 Å². The molecule has 1 heterocycles. The summed E-state index contributed by atoms with van der Waals surface area (Å²) < 4.78 is 26.5. The average Bonchev–Trinajstić information content (AvgIpc) is 1.46. The van der Waals surface area contributed by atoms with Gasteiger partial charge in [0.25, 0.3) is 5.92 Å². The molecule has 2 rings (SSSR count). The van der Waals surface area contributed by atoms with Crippen molar-refractivity contribution in [2.24, 2.45) is 5.92 Å². The minimum absolute atomic E-state index is 0.319. The van der Waals surface area contributed by atoms with Crippen molar-refractivity contribution in [2.75, 3.05) is 6.54 Å². The first-order valence-corrected chi connectivity index (χ1v) is 4.32. The Kier molecular flexibility index (Phi) is 1.63. The van der Waals surface area contributed by atoms with Crippen LogP contribution in [0.5, 0.6) is 0 Å². The first-order chi connectivity index (χ1) is 5.21. The number of rotatable bonds is 2. The van der Waals surface area contributed by atoms with E-state index in [1.807, 2.05) is 0 Å². The van der Waals surface area contributed by atoms with Gasteiger partial charge in [0.2, 0.25) is 0 Å². The molecule has 1 saturated heterocycles. The van der Waals surface area contributed by atoms with Crippen LogP contribution >= 0.6 is 0 Å². The zero-order valence-corrected chi connectivity index (χ0v) is 6.45. The quantitative estimate of drug-likeness (QED) is 0.651. The average molecular weight is 161 g/mol. The summed E-state index contributed by atoms with van der Waals surface area (Å²) in [7, 11) is 0. The normalized spacial score (nSPS) is 32.7. The summed E-state index contributed by atoms with van der Waals surface area (Å²) in [5, 5.41) is 2.78. The molecule has 2 fully saturated rings. The molecule has 1 atom stereocenters. The fraction of sp³-hybridized carbons (Fsp3) is 1.00. The highest BCUT2D eigenvalue weighted by Gasteiger charge is 2.50. The van der Waals surface area contributed by atoms with Crippen molar-refractivity contribution in [1.29, 1.82) is 0 Å². The zero-order valence-electron chi connectivity index (χ0n) is 6.45. The number of hydrogen-bond donors (Lipinski definition) is 1. The maximum absolute atomic E-state index is 13.3. The lowest BCUT2D eigenvalue weighted by Gasteiger charge is -2.42. The second kappa shape index (κ2) is 2.41. The van der Waals surface area contributed by atoms with E-state index in [4.69, 9.17) is 0 Å². The molecule has 1 unspecified atom stereocenters. The molecular weight excluding hydrogens is 148 g/mol. The van der Waals surface area contributed by atoms with Gasteiger partial charge in [-0.1, -0.05) is 6.42 Å². The molecule has 2 aliphatic rings. The minimum Gasteiger partial charge on any atom is -0.309 e. The van der Waals surface area contributed by atoms with Crippen molar-refractivity contribution in [1.82, 2.24) is 5.32 Å². The third-order valence-electron chi connectivity index (χ3n) is 2.94. The topological polar surface area (TPSA) is 12.0 Å². The summed E-state index contributed by atoms with van der Waals surface area (Å²) in [5.74, 6) is -2.74. The van der Waals surface area contributed by atoms with Gasteiger partial charge in [-0.3, -0.25) is 0 Å². The molecule has 11 heavy (non-hydrogen) atoms. The molecule has 0 aromatic heterocycles. The Hall–Kier alpha value is -0.180. The van der Waals surface area contributed by atoms with Gasteiger partial charge >= 0.3 is 0 Å². The largest absolute Gasteiger partial charge is 0.309 e. The molecule has 3 heteroatoms. The van der Waals surface area contributed by atoms with E-state index in [2.05, 4.69) is 5.32 Å². The Labute approximate surface area is 65.2 Å². The number of alkyl halides is 2. The van der Waals surface area contributed by atoms with Crippen molar-refractivity contribution in [3.05, 3.63) is 0 Å². The molecule has 1 saturated carbocycles. The van der Waals surface area contributed by atoms with Crippen LogP contribution in [0, 0.1) is 5.92 Å². The lowest BCUT2D eigenvalue weighted by molar-refractivity contribution is -0.129. The molecule has 0 amide bonds. The molecule has 1 aliphatic heterocycles. The first-order valence-electron chi connectivity index (χ1n) is 4.32. The van der Waals surface area contributed by atoms with E-state index in [1.165, 1.54) is 0 Å². The Morgan fingerprint density at radius 2 is 1.82 bits per heavy atom. The molecule has 1 nitrogen and oxygen atoms in total. The van der Waals surface area contributed by atoms with Crippen LogP contribution < -0.4 is 5.32 Å². The molecule has 1 N–H and O–H groups in total. The highest BCUT2D eigenvalue weighted by molar-refractivity contribution is 4.97. The van der Waals surface area contributed by atoms with Gasteiger partial charge in [0, 0.05) is 5.92 Å². The Morgan fingerprint density at radius 1 is 1.18 bits per heavy atom. The number of halogens is 2. The first kappa shape index (κ1) is 7.47. The van der Waals surface area contributed by atoms with Crippen molar-refractivity contribution >= 4 is 0 Å². The van der Waals surface area contributed by atoms with E-state index in [0.717, 1.165) is 25.8 Å². The Balaban J connectivity index is 1.95. The maximum Gasteiger partial charge on any atom is 0.265 e. The van der Waals surface area contributed by atoms with E-state index < -0.39 is 12.0 Å². The summed E-state index contributed by atoms with van der Waals surface area (Å²) in [6.07, 6.45) is 3.10. The van der Waals surface area contributed by atoms with E-state index in [1.54, 1.807) is 0 Å². The molecule has 1 aliphatic carbocycles. The summed E-state index contributed by atoms with van der Waals surface area (Å²) in [4.78, 5) is 0. The lowest BCUT2D eigenvalue weighted by atomic mass is 9.76. The smallest absolute Gasteiger partial charge is 0.265 e. The third kappa shape index (κ3) is 1.06. The number of hydrogen-bond acceptors (Lipinski definition) is 1. The monoisotopic (exact) mass is 161 g/mol. The summed E-state index contributed by atoms with van der Waals surface area (Å²) in [6.45, 7) is 0.771. The van der Waals surface area contributed by atoms with Gasteiger partial charge in [0.1, 0.15) is 0 Å². The molecule has 64 valence electrons. The van der Waals surface area contributed by atoms with Crippen LogP contribution in [0.3, 0.4) is 0 Å². The van der Waals surface area contributed by atoms with Crippen LogP contribution in [-0.2, 0) is 0 Å². The second-order valence-electron chi connectivity index (χ2n) is 3.60. The van der Waals surface area contributed by atoms with Crippen molar-refractivity contribution in [3.63, 3.8) is 0 Å². The van der Waals surface area contributed by atoms with Crippen molar-refractivity contribution in [3.8, 4) is 0 Å². The van der Waals surface area contributed by atoms with Crippen LogP contribution in [0.4, 0.5) is 8.78 Å². The van der Waals surface area contributed by atoms with Crippen LogP contribution in [0.2, 0.25) is 0 Å². The van der Waals surface area contributed by atoms with E-state index in [9.17, 15) is 8.78 Å². The summed E-state index contributed by atoms with van der Waals surface area (Å²) in [6, 6.07) is -0.507. The molecule has 0 bridgehead atoms. The fourth-order valence-corrected chi connectivity index (χ4v) is 1.69. The van der Waals surface area contributed by atoms with E-state index in [-0.39, 0.29) is 5.92 Å². The summed E-state index contributed by atoms with van der Waals surface area (Å²) >= 11 is 0. The predicted octanol–water partition coefficient (Wildman–Crippen LogP) is 1.78. The van der Waals surface area contributed by atoms with Gasteiger partial charge in [0.15, 0.2) is 0 Å². The van der Waals surface area contributed by atoms with Gasteiger partial charge in [0.05, 0.1) is 6.04 Å². The maximum atomic E-state index is 13.3. The second-order valence-corrected chi connectivity index (χ2v) is 3.60.